The first kappa shape index (κ1) is 14.1. The number of aromatic nitrogens is 3. The second kappa shape index (κ2) is 5.51. The van der Waals surface area contributed by atoms with Crippen LogP contribution in [0.25, 0.3) is 16.6 Å². The van der Waals surface area contributed by atoms with E-state index in [2.05, 4.69) is 21.9 Å². The summed E-state index contributed by atoms with van der Waals surface area (Å²) in [4.78, 5) is 15.6. The van der Waals surface area contributed by atoms with E-state index in [1.54, 1.807) is 17.7 Å². The molecular weight excluding hydrogens is 300 g/mol. The van der Waals surface area contributed by atoms with Crippen molar-refractivity contribution in [1.29, 1.82) is 0 Å². The van der Waals surface area contributed by atoms with E-state index in [1.165, 1.54) is 6.20 Å². The number of amides is 1. The summed E-state index contributed by atoms with van der Waals surface area (Å²) in [6.45, 7) is 1.77. The van der Waals surface area contributed by atoms with E-state index in [1.807, 2.05) is 24.3 Å². The molecule has 0 atom stereocenters. The zero-order valence-electron chi connectivity index (χ0n) is 11.7. The maximum atomic E-state index is 11.6. The SMILES string of the molecule is CC#Cc1cccc(-n2nc(C(N)=O)c3cnc(Cl)cc32)c1. The van der Waals surface area contributed by atoms with Gasteiger partial charge in [-0.05, 0) is 25.1 Å². The topological polar surface area (TPSA) is 73.8 Å². The fraction of sp³-hybridized carbons (Fsp3) is 0.0625. The van der Waals surface area contributed by atoms with E-state index >= 15 is 0 Å². The van der Waals surface area contributed by atoms with Gasteiger partial charge in [0.05, 0.1) is 16.6 Å². The molecule has 2 aromatic heterocycles. The van der Waals surface area contributed by atoms with Crippen LogP contribution in [0.1, 0.15) is 23.0 Å². The Morgan fingerprint density at radius 2 is 2.18 bits per heavy atom. The highest BCUT2D eigenvalue weighted by Crippen LogP contribution is 2.24. The largest absolute Gasteiger partial charge is 0.364 e. The number of carbonyl (C=O) groups excluding carboxylic acids is 1. The van der Waals surface area contributed by atoms with Crippen LogP contribution in [0.5, 0.6) is 0 Å². The molecule has 0 radical (unpaired) electrons. The van der Waals surface area contributed by atoms with Gasteiger partial charge in [-0.1, -0.05) is 23.6 Å². The number of fused-ring (bicyclic) bond motifs is 1. The summed E-state index contributed by atoms with van der Waals surface area (Å²) >= 11 is 5.96. The van der Waals surface area contributed by atoms with Gasteiger partial charge in [0.2, 0.25) is 0 Å². The average molecular weight is 311 g/mol. The predicted octanol–water partition coefficient (Wildman–Crippen LogP) is 2.54. The van der Waals surface area contributed by atoms with Crippen molar-refractivity contribution in [3.8, 4) is 17.5 Å². The maximum Gasteiger partial charge on any atom is 0.269 e. The van der Waals surface area contributed by atoms with Crippen molar-refractivity contribution < 1.29 is 4.79 Å². The highest BCUT2D eigenvalue weighted by molar-refractivity contribution is 6.30. The van der Waals surface area contributed by atoms with E-state index in [0.717, 1.165) is 11.3 Å². The Bertz CT molecular complexity index is 950. The lowest BCUT2D eigenvalue weighted by Gasteiger charge is -2.04. The molecule has 1 aromatic carbocycles. The second-order valence-electron chi connectivity index (χ2n) is 4.57. The fourth-order valence-corrected chi connectivity index (χ4v) is 2.38. The summed E-state index contributed by atoms with van der Waals surface area (Å²) in [5.41, 5.74) is 7.83. The van der Waals surface area contributed by atoms with Crippen LogP contribution < -0.4 is 5.73 Å². The quantitative estimate of drug-likeness (QED) is 0.584. The van der Waals surface area contributed by atoms with Crippen molar-refractivity contribution in [2.75, 3.05) is 0 Å². The predicted molar refractivity (Wildman–Crippen MR) is 84.9 cm³/mol. The number of halogens is 1. The molecule has 0 spiro atoms. The average Bonchev–Trinajstić information content (AvgIpc) is 2.86. The number of pyridine rings is 1. The molecule has 0 aliphatic carbocycles. The van der Waals surface area contributed by atoms with Gasteiger partial charge in [0, 0.05) is 17.8 Å². The molecule has 0 aliphatic heterocycles. The van der Waals surface area contributed by atoms with Crippen LogP contribution in [-0.2, 0) is 0 Å². The zero-order chi connectivity index (χ0) is 15.7. The second-order valence-corrected chi connectivity index (χ2v) is 4.96. The Kier molecular flexibility index (Phi) is 3.53. The minimum Gasteiger partial charge on any atom is -0.364 e. The van der Waals surface area contributed by atoms with Crippen molar-refractivity contribution in [3.05, 3.63) is 52.9 Å². The normalized spacial score (nSPS) is 10.3. The van der Waals surface area contributed by atoms with Crippen LogP contribution in [0.15, 0.2) is 36.5 Å². The van der Waals surface area contributed by atoms with Gasteiger partial charge in [-0.25, -0.2) is 9.67 Å². The third kappa shape index (κ3) is 2.41. The summed E-state index contributed by atoms with van der Waals surface area (Å²) < 4.78 is 1.61. The molecule has 5 nitrogen and oxygen atoms in total. The van der Waals surface area contributed by atoms with Crippen LogP contribution >= 0.6 is 11.6 Å². The van der Waals surface area contributed by atoms with E-state index in [0.29, 0.717) is 16.1 Å². The van der Waals surface area contributed by atoms with Crippen molar-refractivity contribution in [1.82, 2.24) is 14.8 Å². The molecule has 0 saturated carbocycles. The number of nitrogens with zero attached hydrogens (tertiary/aromatic N) is 3. The molecule has 3 rings (SSSR count). The Morgan fingerprint density at radius 1 is 1.36 bits per heavy atom. The molecule has 2 N–H and O–H groups in total. The van der Waals surface area contributed by atoms with Gasteiger partial charge in [0.15, 0.2) is 5.69 Å². The van der Waals surface area contributed by atoms with Crippen LogP contribution in [0.3, 0.4) is 0 Å². The van der Waals surface area contributed by atoms with Gasteiger partial charge in [-0.2, -0.15) is 5.10 Å². The van der Waals surface area contributed by atoms with Gasteiger partial charge in [-0.3, -0.25) is 4.79 Å². The van der Waals surface area contributed by atoms with Gasteiger partial charge in [-0.15, -0.1) is 5.92 Å². The number of hydrogen-bond acceptors (Lipinski definition) is 3. The third-order valence-electron chi connectivity index (χ3n) is 3.13. The smallest absolute Gasteiger partial charge is 0.269 e. The number of carbonyl (C=O) groups is 1. The summed E-state index contributed by atoms with van der Waals surface area (Å²) in [6, 6.07) is 9.16. The molecule has 0 fully saturated rings. The van der Waals surface area contributed by atoms with E-state index in [4.69, 9.17) is 17.3 Å². The van der Waals surface area contributed by atoms with Gasteiger partial charge < -0.3 is 5.73 Å². The standard InChI is InChI=1S/C16H11ClN4O/c1-2-4-10-5-3-6-11(7-10)21-13-8-14(17)19-9-12(13)15(20-21)16(18)22/h3,5-9H,1H3,(H2,18,22). The number of nitrogens with two attached hydrogens (primary N) is 1. The first-order valence-corrected chi connectivity index (χ1v) is 6.85. The molecule has 3 aromatic rings. The molecule has 0 unspecified atom stereocenters. The molecular formula is C16H11ClN4O. The van der Waals surface area contributed by atoms with Crippen molar-refractivity contribution in [3.63, 3.8) is 0 Å². The third-order valence-corrected chi connectivity index (χ3v) is 3.33. The fourth-order valence-electron chi connectivity index (χ4n) is 2.22. The Morgan fingerprint density at radius 3 is 2.91 bits per heavy atom. The van der Waals surface area contributed by atoms with Gasteiger partial charge in [0.25, 0.3) is 5.91 Å². The van der Waals surface area contributed by atoms with Gasteiger partial charge in [0.1, 0.15) is 5.15 Å². The molecule has 2 heterocycles. The molecule has 6 heteroatoms. The molecule has 1 amide bonds. The summed E-state index contributed by atoms with van der Waals surface area (Å²) in [5, 5.41) is 5.17. The maximum absolute atomic E-state index is 11.6. The first-order chi connectivity index (χ1) is 10.6. The van der Waals surface area contributed by atoms with E-state index in [9.17, 15) is 4.79 Å². The van der Waals surface area contributed by atoms with Crippen LogP contribution in [0.4, 0.5) is 0 Å². The van der Waals surface area contributed by atoms with E-state index in [-0.39, 0.29) is 5.69 Å². The highest BCUT2D eigenvalue weighted by atomic mass is 35.5. The Labute approximate surface area is 131 Å². The number of rotatable bonds is 2. The zero-order valence-corrected chi connectivity index (χ0v) is 12.4. The molecule has 0 bridgehead atoms. The first-order valence-electron chi connectivity index (χ1n) is 6.47. The highest BCUT2D eigenvalue weighted by Gasteiger charge is 2.16. The van der Waals surface area contributed by atoms with Crippen molar-refractivity contribution >= 4 is 28.4 Å². The summed E-state index contributed by atoms with van der Waals surface area (Å²) in [6.07, 6.45) is 1.50. The minimum atomic E-state index is -0.614. The minimum absolute atomic E-state index is 0.158. The lowest BCUT2D eigenvalue weighted by atomic mass is 10.2. The monoisotopic (exact) mass is 310 g/mol. The number of hydrogen-bond donors (Lipinski definition) is 1. The van der Waals surface area contributed by atoms with Crippen LogP contribution in [0, 0.1) is 11.8 Å². The van der Waals surface area contributed by atoms with E-state index < -0.39 is 5.91 Å². The lowest BCUT2D eigenvalue weighted by Crippen LogP contribution is -2.12. The summed E-state index contributed by atoms with van der Waals surface area (Å²) in [5.74, 6) is 5.22. The molecule has 0 saturated heterocycles. The molecule has 22 heavy (non-hydrogen) atoms. The molecule has 108 valence electrons. The van der Waals surface area contributed by atoms with Crippen LogP contribution in [0.2, 0.25) is 5.15 Å². The van der Waals surface area contributed by atoms with Gasteiger partial charge >= 0.3 is 0 Å². The van der Waals surface area contributed by atoms with Crippen LogP contribution in [-0.4, -0.2) is 20.7 Å². The number of benzene rings is 1. The van der Waals surface area contributed by atoms with Crippen molar-refractivity contribution in [2.45, 2.75) is 6.92 Å². The Hall–Kier alpha value is -2.84. The van der Waals surface area contributed by atoms with Crippen molar-refractivity contribution in [2.24, 2.45) is 5.73 Å². The lowest BCUT2D eigenvalue weighted by molar-refractivity contribution is 0.0996. The number of primary amides is 1. The molecule has 0 aliphatic rings. The Balaban J connectivity index is 2.30. The summed E-state index contributed by atoms with van der Waals surface area (Å²) in [7, 11) is 0.